The molecule has 0 radical (unpaired) electrons. The number of fused-ring (bicyclic) bond motifs is 1. The highest BCUT2D eigenvalue weighted by Gasteiger charge is 2.45. The molecule has 31 heavy (non-hydrogen) atoms. The van der Waals surface area contributed by atoms with E-state index in [0.717, 1.165) is 43.9 Å². The fourth-order valence-corrected chi connectivity index (χ4v) is 4.89. The van der Waals surface area contributed by atoms with Gasteiger partial charge in [0, 0.05) is 16.5 Å². The number of unbranched alkanes of at least 4 members (excludes halogenated alkanes) is 2. The van der Waals surface area contributed by atoms with Gasteiger partial charge in [-0.25, -0.2) is 0 Å². The number of methoxy groups -OCH3 is 1. The van der Waals surface area contributed by atoms with E-state index in [-0.39, 0.29) is 22.5 Å². The van der Waals surface area contributed by atoms with Gasteiger partial charge < -0.3 is 19.4 Å². The molecule has 0 aliphatic carbocycles. The van der Waals surface area contributed by atoms with Crippen molar-refractivity contribution in [2.75, 3.05) is 13.7 Å². The van der Waals surface area contributed by atoms with Crippen molar-refractivity contribution in [3.05, 3.63) is 34.1 Å². The third-order valence-corrected chi connectivity index (χ3v) is 6.37. The third-order valence-electron chi connectivity index (χ3n) is 6.37. The van der Waals surface area contributed by atoms with Crippen molar-refractivity contribution in [2.24, 2.45) is 0 Å². The van der Waals surface area contributed by atoms with Crippen LogP contribution in [0.15, 0.2) is 23.0 Å². The van der Waals surface area contributed by atoms with Gasteiger partial charge in [-0.1, -0.05) is 19.8 Å². The summed E-state index contributed by atoms with van der Waals surface area (Å²) in [5, 5.41) is 0.752. The van der Waals surface area contributed by atoms with Crippen molar-refractivity contribution in [3.63, 3.8) is 0 Å². The van der Waals surface area contributed by atoms with Crippen LogP contribution in [-0.4, -0.2) is 40.6 Å². The van der Waals surface area contributed by atoms with E-state index in [0.29, 0.717) is 23.6 Å². The monoisotopic (exact) mass is 428 g/mol. The number of aromatic nitrogens is 1. The maximum absolute atomic E-state index is 13.6. The van der Waals surface area contributed by atoms with Gasteiger partial charge in [0.1, 0.15) is 5.56 Å². The Labute approximate surface area is 184 Å². The molecule has 6 heteroatoms. The molecule has 1 saturated heterocycles. The second kappa shape index (κ2) is 8.93. The Balaban J connectivity index is 2.04. The molecule has 0 spiro atoms. The number of ether oxygens (including phenoxy) is 2. The number of carbonyl (C=O) groups is 1. The van der Waals surface area contributed by atoms with Crippen LogP contribution in [-0.2, 0) is 0 Å². The normalized spacial score (nSPS) is 17.5. The number of pyridine rings is 1. The number of H-pyrrole nitrogens is 1. The van der Waals surface area contributed by atoms with Crippen molar-refractivity contribution in [1.82, 2.24) is 9.88 Å². The average molecular weight is 429 g/mol. The largest absolute Gasteiger partial charge is 0.493 e. The number of piperidine rings is 1. The zero-order valence-corrected chi connectivity index (χ0v) is 19.8. The summed E-state index contributed by atoms with van der Waals surface area (Å²) in [6.45, 7) is 11.0. The van der Waals surface area contributed by atoms with Crippen molar-refractivity contribution >= 4 is 16.8 Å². The Kier molecular flexibility index (Phi) is 6.68. The molecule has 6 nitrogen and oxygen atoms in total. The van der Waals surface area contributed by atoms with Gasteiger partial charge in [0.2, 0.25) is 0 Å². The van der Waals surface area contributed by atoms with Crippen LogP contribution in [0.2, 0.25) is 0 Å². The number of amides is 1. The SMILES string of the molecule is CCCCCOc1c(OC)ccc2cc(C(=O)N3C(C)(C)CCCC3(C)C)c(=O)[nH]c12. The fourth-order valence-electron chi connectivity index (χ4n) is 4.89. The molecule has 1 amide bonds. The van der Waals surface area contributed by atoms with E-state index >= 15 is 0 Å². The van der Waals surface area contributed by atoms with Crippen molar-refractivity contribution in [2.45, 2.75) is 84.2 Å². The first-order valence-corrected chi connectivity index (χ1v) is 11.3. The summed E-state index contributed by atoms with van der Waals surface area (Å²) in [5.41, 5.74) is -0.296. The van der Waals surface area contributed by atoms with Gasteiger partial charge in [0.15, 0.2) is 11.5 Å². The van der Waals surface area contributed by atoms with Crippen LogP contribution in [0, 0.1) is 0 Å². The van der Waals surface area contributed by atoms with Crippen molar-refractivity contribution in [1.29, 1.82) is 0 Å². The summed E-state index contributed by atoms with van der Waals surface area (Å²) in [5.74, 6) is 0.863. The lowest BCUT2D eigenvalue weighted by Gasteiger charge is -2.52. The molecule has 3 rings (SSSR count). The minimum atomic E-state index is -0.402. The van der Waals surface area contributed by atoms with Gasteiger partial charge in [-0.2, -0.15) is 0 Å². The molecule has 0 bridgehead atoms. The van der Waals surface area contributed by atoms with Crippen molar-refractivity contribution in [3.8, 4) is 11.5 Å². The molecule has 0 unspecified atom stereocenters. The highest BCUT2D eigenvalue weighted by molar-refractivity contribution is 5.99. The summed E-state index contributed by atoms with van der Waals surface area (Å²) in [6.07, 6.45) is 6.00. The number of nitrogens with zero attached hydrogens (tertiary/aromatic N) is 1. The second-order valence-electron chi connectivity index (χ2n) is 9.75. The van der Waals surface area contributed by atoms with Gasteiger partial charge in [-0.15, -0.1) is 0 Å². The van der Waals surface area contributed by atoms with Gasteiger partial charge in [-0.05, 0) is 71.6 Å². The average Bonchev–Trinajstić information content (AvgIpc) is 2.69. The molecule has 170 valence electrons. The van der Waals surface area contributed by atoms with E-state index in [1.807, 2.05) is 17.0 Å². The third kappa shape index (κ3) is 4.58. The molecule has 1 aliphatic heterocycles. The Bertz CT molecular complexity index is 990. The first-order valence-electron chi connectivity index (χ1n) is 11.3. The Morgan fingerprint density at radius 1 is 1.13 bits per heavy atom. The highest BCUT2D eigenvalue weighted by atomic mass is 16.5. The number of benzene rings is 1. The minimum Gasteiger partial charge on any atom is -0.493 e. The fraction of sp³-hybridized carbons (Fsp3) is 0.600. The molecule has 2 aromatic rings. The lowest BCUT2D eigenvalue weighted by molar-refractivity contribution is -0.0113. The molecule has 1 aromatic heterocycles. The van der Waals surface area contributed by atoms with E-state index < -0.39 is 5.56 Å². The van der Waals surface area contributed by atoms with Crippen LogP contribution in [0.3, 0.4) is 0 Å². The Morgan fingerprint density at radius 2 is 1.81 bits per heavy atom. The lowest BCUT2D eigenvalue weighted by Crippen LogP contribution is -2.61. The molecular formula is C25H36N2O4. The van der Waals surface area contributed by atoms with Gasteiger partial charge in [0.05, 0.1) is 19.2 Å². The zero-order valence-electron chi connectivity index (χ0n) is 19.8. The second-order valence-corrected chi connectivity index (χ2v) is 9.75. The van der Waals surface area contributed by atoms with Crippen LogP contribution >= 0.6 is 0 Å². The van der Waals surface area contributed by atoms with E-state index in [1.165, 1.54) is 0 Å². The summed E-state index contributed by atoms with van der Waals surface area (Å²) in [6, 6.07) is 5.36. The Morgan fingerprint density at radius 3 is 2.42 bits per heavy atom. The number of likely N-dealkylation sites (tertiary alicyclic amines) is 1. The Hall–Kier alpha value is -2.50. The molecule has 1 fully saturated rings. The van der Waals surface area contributed by atoms with Gasteiger partial charge in [-0.3, -0.25) is 9.59 Å². The molecule has 1 N–H and O–H groups in total. The molecule has 0 saturated carbocycles. The maximum Gasteiger partial charge on any atom is 0.261 e. The molecule has 1 aliphatic rings. The van der Waals surface area contributed by atoms with Crippen LogP contribution in [0.1, 0.15) is 83.5 Å². The first-order chi connectivity index (χ1) is 14.6. The molecule has 2 heterocycles. The lowest BCUT2D eigenvalue weighted by atomic mass is 9.79. The number of nitrogens with one attached hydrogen (secondary N) is 1. The van der Waals surface area contributed by atoms with Crippen molar-refractivity contribution < 1.29 is 14.3 Å². The van der Waals surface area contributed by atoms with Crippen LogP contribution in [0.4, 0.5) is 0 Å². The molecular weight excluding hydrogens is 392 g/mol. The summed E-state index contributed by atoms with van der Waals surface area (Å²) in [4.78, 5) is 31.5. The van der Waals surface area contributed by atoms with Crippen LogP contribution < -0.4 is 15.0 Å². The highest BCUT2D eigenvalue weighted by Crippen LogP contribution is 2.39. The van der Waals surface area contributed by atoms with Crippen LogP contribution in [0.25, 0.3) is 10.9 Å². The quantitative estimate of drug-likeness (QED) is 0.608. The zero-order chi connectivity index (χ0) is 22.8. The number of hydrogen-bond donors (Lipinski definition) is 1. The van der Waals surface area contributed by atoms with E-state index in [1.54, 1.807) is 13.2 Å². The number of rotatable bonds is 7. The van der Waals surface area contributed by atoms with E-state index in [2.05, 4.69) is 39.6 Å². The van der Waals surface area contributed by atoms with E-state index in [4.69, 9.17) is 9.47 Å². The summed E-state index contributed by atoms with van der Waals surface area (Å²) < 4.78 is 11.4. The molecule has 0 atom stereocenters. The van der Waals surface area contributed by atoms with Gasteiger partial charge in [0.25, 0.3) is 11.5 Å². The summed E-state index contributed by atoms with van der Waals surface area (Å²) >= 11 is 0. The van der Waals surface area contributed by atoms with Gasteiger partial charge >= 0.3 is 0 Å². The first kappa shape index (κ1) is 23.2. The molecule has 1 aromatic carbocycles. The topological polar surface area (TPSA) is 71.6 Å². The predicted octanol–water partition coefficient (Wildman–Crippen LogP) is 5.29. The smallest absolute Gasteiger partial charge is 0.261 e. The van der Waals surface area contributed by atoms with E-state index in [9.17, 15) is 9.59 Å². The number of carbonyl (C=O) groups excluding carboxylic acids is 1. The van der Waals surface area contributed by atoms with Crippen LogP contribution in [0.5, 0.6) is 11.5 Å². The number of hydrogen-bond acceptors (Lipinski definition) is 4. The number of aromatic amines is 1. The maximum atomic E-state index is 13.6. The minimum absolute atomic E-state index is 0.164. The predicted molar refractivity (Wildman–Crippen MR) is 124 cm³/mol. The summed E-state index contributed by atoms with van der Waals surface area (Å²) in [7, 11) is 1.58. The standard InChI is InChI=1S/C25H36N2O4/c1-7-8-9-15-31-21-19(30-6)12-11-17-16-18(22(28)26-20(17)21)23(29)27-24(2,3)13-10-14-25(27,4)5/h11-12,16H,7-10,13-15H2,1-6H3,(H,26,28).